The van der Waals surface area contributed by atoms with Gasteiger partial charge in [0.05, 0.1) is 0 Å². The zero-order valence-corrected chi connectivity index (χ0v) is 13.5. The molecule has 24 heavy (non-hydrogen) atoms. The number of hydrogen-bond donors (Lipinski definition) is 3. The fourth-order valence-corrected chi connectivity index (χ4v) is 3.19. The third-order valence-corrected chi connectivity index (χ3v) is 4.68. The molecule has 0 unspecified atom stereocenters. The van der Waals surface area contributed by atoms with E-state index < -0.39 is 0 Å². The average molecular weight is 326 g/mol. The molecule has 1 fully saturated rings. The Bertz CT molecular complexity index is 747. The highest BCUT2D eigenvalue weighted by atomic mass is 16.3. The SMILES string of the molecule is O=C(NC1CCC(CO)CC1)c1ccc(-c2ccccc2)[nH]c1=O. The van der Waals surface area contributed by atoms with Crippen LogP contribution < -0.4 is 10.9 Å². The molecule has 1 amide bonds. The summed E-state index contributed by atoms with van der Waals surface area (Å²) in [6.45, 7) is 0.210. The Morgan fingerprint density at radius 3 is 2.42 bits per heavy atom. The maximum atomic E-state index is 12.4. The van der Waals surface area contributed by atoms with Crippen LogP contribution >= 0.6 is 0 Å². The largest absolute Gasteiger partial charge is 0.396 e. The molecule has 1 saturated carbocycles. The van der Waals surface area contributed by atoms with E-state index in [-0.39, 0.29) is 29.7 Å². The standard InChI is InChI=1S/C19H22N2O3/c22-12-13-6-8-15(9-7-13)20-18(23)16-10-11-17(21-19(16)24)14-4-2-1-3-5-14/h1-5,10-11,13,15,22H,6-9,12H2,(H,20,23)(H,21,24). The van der Waals surface area contributed by atoms with Crippen LogP contribution in [0.25, 0.3) is 11.3 Å². The number of rotatable bonds is 4. The molecular formula is C19H22N2O3. The number of carbonyl (C=O) groups excluding carboxylic acids is 1. The van der Waals surface area contributed by atoms with Crippen molar-refractivity contribution in [2.45, 2.75) is 31.7 Å². The summed E-state index contributed by atoms with van der Waals surface area (Å²) in [5.74, 6) is 0.00928. The minimum absolute atomic E-state index is 0.0773. The van der Waals surface area contributed by atoms with E-state index in [2.05, 4.69) is 10.3 Å². The van der Waals surface area contributed by atoms with Crippen LogP contribution in [0.3, 0.4) is 0 Å². The summed E-state index contributed by atoms with van der Waals surface area (Å²) in [4.78, 5) is 27.4. The van der Waals surface area contributed by atoms with E-state index in [9.17, 15) is 9.59 Å². The van der Waals surface area contributed by atoms with Crippen molar-refractivity contribution in [3.8, 4) is 11.3 Å². The number of aromatic nitrogens is 1. The number of carbonyl (C=O) groups is 1. The van der Waals surface area contributed by atoms with E-state index in [0.29, 0.717) is 11.6 Å². The maximum Gasteiger partial charge on any atom is 0.261 e. The highest BCUT2D eigenvalue weighted by Gasteiger charge is 2.23. The minimum atomic E-state index is -0.377. The lowest BCUT2D eigenvalue weighted by atomic mass is 9.86. The monoisotopic (exact) mass is 326 g/mol. The molecule has 0 spiro atoms. The van der Waals surface area contributed by atoms with Gasteiger partial charge in [-0.2, -0.15) is 0 Å². The van der Waals surface area contributed by atoms with Crippen LogP contribution in [0, 0.1) is 5.92 Å². The molecule has 1 aromatic carbocycles. The van der Waals surface area contributed by atoms with E-state index in [1.54, 1.807) is 12.1 Å². The Morgan fingerprint density at radius 2 is 1.79 bits per heavy atom. The first-order chi connectivity index (χ1) is 11.7. The number of aromatic amines is 1. The molecule has 3 rings (SSSR count). The van der Waals surface area contributed by atoms with Crippen molar-refractivity contribution in [3.63, 3.8) is 0 Å². The van der Waals surface area contributed by atoms with Gasteiger partial charge in [-0.25, -0.2) is 0 Å². The number of aliphatic hydroxyl groups excluding tert-OH is 1. The number of amides is 1. The molecule has 0 aliphatic heterocycles. The first kappa shape index (κ1) is 16.5. The highest BCUT2D eigenvalue weighted by Crippen LogP contribution is 2.23. The molecule has 1 heterocycles. The molecule has 0 bridgehead atoms. The quantitative estimate of drug-likeness (QED) is 0.806. The van der Waals surface area contributed by atoms with Gasteiger partial charge in [-0.15, -0.1) is 0 Å². The second-order valence-electron chi connectivity index (χ2n) is 6.35. The summed E-state index contributed by atoms with van der Waals surface area (Å²) in [6, 6.07) is 12.9. The van der Waals surface area contributed by atoms with Crippen LogP contribution in [0.1, 0.15) is 36.0 Å². The number of nitrogens with one attached hydrogen (secondary N) is 2. The molecular weight excluding hydrogens is 304 g/mol. The average Bonchev–Trinajstić information content (AvgIpc) is 2.63. The molecule has 1 aliphatic carbocycles. The summed E-state index contributed by atoms with van der Waals surface area (Å²) in [7, 11) is 0. The molecule has 2 aromatic rings. The van der Waals surface area contributed by atoms with Gasteiger partial charge in [-0.3, -0.25) is 9.59 Å². The summed E-state index contributed by atoms with van der Waals surface area (Å²) < 4.78 is 0. The third-order valence-electron chi connectivity index (χ3n) is 4.68. The van der Waals surface area contributed by atoms with Gasteiger partial charge >= 0.3 is 0 Å². The van der Waals surface area contributed by atoms with Gasteiger partial charge in [-0.1, -0.05) is 30.3 Å². The highest BCUT2D eigenvalue weighted by molar-refractivity contribution is 5.94. The first-order valence-electron chi connectivity index (χ1n) is 8.38. The number of H-pyrrole nitrogens is 1. The number of hydrogen-bond acceptors (Lipinski definition) is 3. The van der Waals surface area contributed by atoms with Crippen molar-refractivity contribution < 1.29 is 9.90 Å². The summed E-state index contributed by atoms with van der Waals surface area (Å²) >= 11 is 0. The topological polar surface area (TPSA) is 82.2 Å². The van der Waals surface area contributed by atoms with Crippen molar-refractivity contribution >= 4 is 5.91 Å². The van der Waals surface area contributed by atoms with Crippen LogP contribution in [-0.4, -0.2) is 28.6 Å². The predicted molar refractivity (Wildman–Crippen MR) is 92.8 cm³/mol. The van der Waals surface area contributed by atoms with Crippen LogP contribution in [-0.2, 0) is 0 Å². The summed E-state index contributed by atoms with van der Waals surface area (Å²) in [6.07, 6.45) is 3.50. The zero-order chi connectivity index (χ0) is 16.9. The van der Waals surface area contributed by atoms with Crippen molar-refractivity contribution in [1.82, 2.24) is 10.3 Å². The van der Waals surface area contributed by atoms with Gasteiger partial charge in [-0.05, 0) is 49.3 Å². The fraction of sp³-hybridized carbons (Fsp3) is 0.368. The zero-order valence-electron chi connectivity index (χ0n) is 13.5. The van der Waals surface area contributed by atoms with E-state index in [4.69, 9.17) is 5.11 Å². The van der Waals surface area contributed by atoms with Crippen molar-refractivity contribution in [2.24, 2.45) is 5.92 Å². The first-order valence-corrected chi connectivity index (χ1v) is 8.38. The van der Waals surface area contributed by atoms with Gasteiger partial charge < -0.3 is 15.4 Å². The lowest BCUT2D eigenvalue weighted by Gasteiger charge is -2.27. The van der Waals surface area contributed by atoms with Crippen molar-refractivity contribution in [3.05, 3.63) is 58.4 Å². The molecule has 3 N–H and O–H groups in total. The Morgan fingerprint density at radius 1 is 1.08 bits per heavy atom. The van der Waals surface area contributed by atoms with Crippen LogP contribution in [0.2, 0.25) is 0 Å². The Balaban J connectivity index is 1.69. The van der Waals surface area contributed by atoms with E-state index >= 15 is 0 Å². The van der Waals surface area contributed by atoms with Crippen LogP contribution in [0.4, 0.5) is 0 Å². The molecule has 0 saturated heterocycles. The Kier molecular flexibility index (Phi) is 5.11. The molecule has 1 aromatic heterocycles. The number of aliphatic hydroxyl groups is 1. The molecule has 1 aliphatic rings. The van der Waals surface area contributed by atoms with Gasteiger partial charge in [0.25, 0.3) is 11.5 Å². The lowest BCUT2D eigenvalue weighted by Crippen LogP contribution is -2.40. The van der Waals surface area contributed by atoms with Gasteiger partial charge in [0.15, 0.2) is 0 Å². The van der Waals surface area contributed by atoms with Gasteiger partial charge in [0.2, 0.25) is 0 Å². The van der Waals surface area contributed by atoms with Crippen molar-refractivity contribution in [1.29, 1.82) is 0 Å². The Hall–Kier alpha value is -2.40. The maximum absolute atomic E-state index is 12.4. The smallest absolute Gasteiger partial charge is 0.261 e. The van der Waals surface area contributed by atoms with E-state index in [1.165, 1.54) is 0 Å². The molecule has 5 heteroatoms. The fourth-order valence-electron chi connectivity index (χ4n) is 3.19. The summed E-state index contributed by atoms with van der Waals surface area (Å²) in [5, 5.41) is 12.1. The van der Waals surface area contributed by atoms with E-state index in [1.807, 2.05) is 30.3 Å². The van der Waals surface area contributed by atoms with Crippen molar-refractivity contribution in [2.75, 3.05) is 6.61 Å². The molecule has 5 nitrogen and oxygen atoms in total. The molecule has 0 radical (unpaired) electrons. The van der Waals surface area contributed by atoms with E-state index in [0.717, 1.165) is 31.2 Å². The lowest BCUT2D eigenvalue weighted by molar-refractivity contribution is 0.0912. The van der Waals surface area contributed by atoms with Gasteiger partial charge in [0, 0.05) is 18.3 Å². The predicted octanol–water partition coefficient (Wildman–Crippen LogP) is 2.32. The normalized spacial score (nSPS) is 20.5. The molecule has 0 atom stereocenters. The second kappa shape index (κ2) is 7.45. The second-order valence-corrected chi connectivity index (χ2v) is 6.35. The van der Waals surface area contributed by atoms with Gasteiger partial charge in [0.1, 0.15) is 5.56 Å². The third kappa shape index (κ3) is 3.74. The van der Waals surface area contributed by atoms with Crippen LogP contribution in [0.15, 0.2) is 47.3 Å². The van der Waals surface area contributed by atoms with Crippen LogP contribution in [0.5, 0.6) is 0 Å². The minimum Gasteiger partial charge on any atom is -0.396 e. The Labute approximate surface area is 140 Å². The molecule has 126 valence electrons. The number of benzene rings is 1. The number of pyridine rings is 1. The summed E-state index contributed by atoms with van der Waals surface area (Å²) in [5.41, 5.74) is 1.36.